The van der Waals surface area contributed by atoms with E-state index in [0.29, 0.717) is 18.1 Å². The molecule has 2 fully saturated rings. The molecule has 1 aromatic carbocycles. The maximum Gasteiger partial charge on any atom is 0.236 e. The van der Waals surface area contributed by atoms with Gasteiger partial charge in [-0.15, -0.1) is 0 Å². The van der Waals surface area contributed by atoms with Crippen LogP contribution in [0.1, 0.15) is 45.1 Å². The van der Waals surface area contributed by atoms with Crippen molar-refractivity contribution in [2.24, 2.45) is 0 Å². The SMILES string of the molecule is CCN(CC)C(=O)CN1CCCN(C(=O)C2(c3ccc(Cl)cc3)CCC2)CC1. The Bertz CT molecular complexity index is 684. The Balaban J connectivity index is 1.64. The topological polar surface area (TPSA) is 43.9 Å². The molecule has 6 heteroatoms. The average Bonchev–Trinajstić information content (AvgIpc) is 2.89. The smallest absolute Gasteiger partial charge is 0.236 e. The van der Waals surface area contributed by atoms with Crippen molar-refractivity contribution < 1.29 is 9.59 Å². The Kier molecular flexibility index (Phi) is 7.00. The van der Waals surface area contributed by atoms with Gasteiger partial charge < -0.3 is 9.80 Å². The summed E-state index contributed by atoms with van der Waals surface area (Å²) in [4.78, 5) is 32.0. The molecule has 28 heavy (non-hydrogen) atoms. The van der Waals surface area contributed by atoms with Crippen molar-refractivity contribution in [2.45, 2.75) is 44.9 Å². The van der Waals surface area contributed by atoms with E-state index in [4.69, 9.17) is 11.6 Å². The number of hydrogen-bond acceptors (Lipinski definition) is 3. The van der Waals surface area contributed by atoms with Crippen LogP contribution < -0.4 is 0 Å². The van der Waals surface area contributed by atoms with Crippen LogP contribution in [0.4, 0.5) is 0 Å². The van der Waals surface area contributed by atoms with Crippen LogP contribution in [0, 0.1) is 0 Å². The summed E-state index contributed by atoms with van der Waals surface area (Å²) in [6, 6.07) is 7.78. The van der Waals surface area contributed by atoms with Crippen LogP contribution in [0.25, 0.3) is 0 Å². The number of carbonyl (C=O) groups excluding carboxylic acids is 2. The van der Waals surface area contributed by atoms with Gasteiger partial charge in [-0.2, -0.15) is 0 Å². The molecule has 1 aliphatic heterocycles. The minimum absolute atomic E-state index is 0.182. The molecule has 0 bridgehead atoms. The van der Waals surface area contributed by atoms with E-state index < -0.39 is 0 Å². The minimum Gasteiger partial charge on any atom is -0.342 e. The van der Waals surface area contributed by atoms with Gasteiger partial charge in [0.05, 0.1) is 12.0 Å². The van der Waals surface area contributed by atoms with E-state index in [2.05, 4.69) is 4.90 Å². The Morgan fingerprint density at radius 1 is 1.00 bits per heavy atom. The fourth-order valence-corrected chi connectivity index (χ4v) is 4.55. The molecule has 154 valence electrons. The number of nitrogens with zero attached hydrogens (tertiary/aromatic N) is 3. The molecule has 1 heterocycles. The standard InChI is InChI=1S/C22H32ClN3O2/c1-3-25(4-2)20(27)17-24-13-6-14-26(16-15-24)21(28)22(11-5-12-22)18-7-9-19(23)10-8-18/h7-10H,3-6,11-17H2,1-2H3. The van der Waals surface area contributed by atoms with E-state index in [1.54, 1.807) is 0 Å². The first-order valence-electron chi connectivity index (χ1n) is 10.6. The number of rotatable bonds is 6. The number of likely N-dealkylation sites (N-methyl/N-ethyl adjacent to an activating group) is 1. The third-order valence-electron chi connectivity index (χ3n) is 6.36. The Hall–Kier alpha value is -1.59. The second kappa shape index (κ2) is 9.27. The highest BCUT2D eigenvalue weighted by molar-refractivity contribution is 6.30. The van der Waals surface area contributed by atoms with E-state index >= 15 is 0 Å². The van der Waals surface area contributed by atoms with Gasteiger partial charge in [0.15, 0.2) is 0 Å². The molecule has 0 N–H and O–H groups in total. The van der Waals surface area contributed by atoms with Gasteiger partial charge >= 0.3 is 0 Å². The third kappa shape index (κ3) is 4.36. The lowest BCUT2D eigenvalue weighted by molar-refractivity contribution is -0.140. The molecular formula is C22H32ClN3O2. The van der Waals surface area contributed by atoms with E-state index in [0.717, 1.165) is 64.0 Å². The molecule has 1 saturated heterocycles. The van der Waals surface area contributed by atoms with Crippen molar-refractivity contribution in [3.05, 3.63) is 34.9 Å². The molecule has 0 atom stereocenters. The molecule has 0 radical (unpaired) electrons. The largest absolute Gasteiger partial charge is 0.342 e. The second-order valence-corrected chi connectivity index (χ2v) is 8.37. The van der Waals surface area contributed by atoms with Crippen LogP contribution in [0.2, 0.25) is 5.02 Å². The lowest BCUT2D eigenvalue weighted by Crippen LogP contribution is -2.52. The summed E-state index contributed by atoms with van der Waals surface area (Å²) in [7, 11) is 0. The first-order valence-corrected chi connectivity index (χ1v) is 10.9. The molecule has 0 spiro atoms. The normalized spacial score (nSPS) is 19.6. The monoisotopic (exact) mass is 405 g/mol. The first kappa shape index (κ1) is 21.1. The molecule has 3 rings (SSSR count). The van der Waals surface area contributed by atoms with Gasteiger partial charge in [-0.1, -0.05) is 30.2 Å². The highest BCUT2D eigenvalue weighted by Gasteiger charge is 2.47. The summed E-state index contributed by atoms with van der Waals surface area (Å²) >= 11 is 6.04. The quantitative estimate of drug-likeness (QED) is 0.730. The Morgan fingerprint density at radius 3 is 2.25 bits per heavy atom. The molecule has 0 unspecified atom stereocenters. The zero-order valence-electron chi connectivity index (χ0n) is 17.1. The lowest BCUT2D eigenvalue weighted by atomic mass is 9.63. The van der Waals surface area contributed by atoms with Crippen molar-refractivity contribution >= 4 is 23.4 Å². The Morgan fingerprint density at radius 2 is 1.68 bits per heavy atom. The van der Waals surface area contributed by atoms with E-state index in [-0.39, 0.29) is 17.2 Å². The summed E-state index contributed by atoms with van der Waals surface area (Å²) in [5.74, 6) is 0.430. The van der Waals surface area contributed by atoms with Gasteiger partial charge in [0.25, 0.3) is 0 Å². The van der Waals surface area contributed by atoms with Crippen molar-refractivity contribution in [2.75, 3.05) is 45.8 Å². The fourth-order valence-electron chi connectivity index (χ4n) is 4.43. The molecular weight excluding hydrogens is 374 g/mol. The number of carbonyl (C=O) groups is 2. The van der Waals surface area contributed by atoms with E-state index in [9.17, 15) is 9.59 Å². The van der Waals surface area contributed by atoms with Crippen LogP contribution in [-0.2, 0) is 15.0 Å². The Labute approximate surface area is 173 Å². The average molecular weight is 406 g/mol. The number of halogens is 1. The van der Waals surface area contributed by atoms with Crippen molar-refractivity contribution in [1.82, 2.24) is 14.7 Å². The summed E-state index contributed by atoms with van der Waals surface area (Å²) in [5, 5.41) is 0.703. The lowest BCUT2D eigenvalue weighted by Gasteiger charge is -2.44. The van der Waals surface area contributed by atoms with Gasteiger partial charge in [0, 0.05) is 44.3 Å². The summed E-state index contributed by atoms with van der Waals surface area (Å²) < 4.78 is 0. The summed E-state index contributed by atoms with van der Waals surface area (Å²) in [6.45, 7) is 9.06. The number of benzene rings is 1. The van der Waals surface area contributed by atoms with Gasteiger partial charge in [0.1, 0.15) is 0 Å². The number of hydrogen-bond donors (Lipinski definition) is 0. The van der Waals surface area contributed by atoms with Crippen LogP contribution in [0.5, 0.6) is 0 Å². The van der Waals surface area contributed by atoms with Crippen LogP contribution >= 0.6 is 11.6 Å². The predicted molar refractivity (Wildman–Crippen MR) is 113 cm³/mol. The zero-order valence-corrected chi connectivity index (χ0v) is 17.9. The fraction of sp³-hybridized carbons (Fsp3) is 0.636. The molecule has 1 aromatic rings. The molecule has 1 aliphatic carbocycles. The minimum atomic E-state index is -0.378. The molecule has 2 amide bonds. The first-order chi connectivity index (χ1) is 13.5. The number of amides is 2. The zero-order chi connectivity index (χ0) is 20.1. The van der Waals surface area contributed by atoms with Gasteiger partial charge in [-0.3, -0.25) is 14.5 Å². The predicted octanol–water partition coefficient (Wildman–Crippen LogP) is 3.16. The van der Waals surface area contributed by atoms with Crippen molar-refractivity contribution in [3.8, 4) is 0 Å². The van der Waals surface area contributed by atoms with Gasteiger partial charge in [-0.05, 0) is 50.8 Å². The van der Waals surface area contributed by atoms with Gasteiger partial charge in [0.2, 0.25) is 11.8 Å². The van der Waals surface area contributed by atoms with E-state index in [1.165, 1.54) is 0 Å². The van der Waals surface area contributed by atoms with Crippen LogP contribution in [0.3, 0.4) is 0 Å². The second-order valence-electron chi connectivity index (χ2n) is 7.93. The van der Waals surface area contributed by atoms with Gasteiger partial charge in [-0.25, -0.2) is 0 Å². The van der Waals surface area contributed by atoms with Crippen LogP contribution in [0.15, 0.2) is 24.3 Å². The maximum atomic E-state index is 13.5. The van der Waals surface area contributed by atoms with Crippen molar-refractivity contribution in [1.29, 1.82) is 0 Å². The highest BCUT2D eigenvalue weighted by atomic mass is 35.5. The molecule has 0 aromatic heterocycles. The summed E-state index contributed by atoms with van der Waals surface area (Å²) in [6.07, 6.45) is 3.82. The molecule has 2 aliphatic rings. The van der Waals surface area contributed by atoms with Crippen LogP contribution in [-0.4, -0.2) is 72.3 Å². The summed E-state index contributed by atoms with van der Waals surface area (Å²) in [5.41, 5.74) is 0.711. The maximum absolute atomic E-state index is 13.5. The highest BCUT2D eigenvalue weighted by Crippen LogP contribution is 2.45. The van der Waals surface area contributed by atoms with Crippen molar-refractivity contribution in [3.63, 3.8) is 0 Å². The van der Waals surface area contributed by atoms with E-state index in [1.807, 2.05) is 47.9 Å². The third-order valence-corrected chi connectivity index (χ3v) is 6.62. The molecule has 5 nitrogen and oxygen atoms in total. The molecule has 1 saturated carbocycles.